The maximum atomic E-state index is 11.5. The molecule has 2 aliphatic rings. The van der Waals surface area contributed by atoms with E-state index in [1.807, 2.05) is 6.92 Å². The predicted octanol–water partition coefficient (Wildman–Crippen LogP) is 2.04. The molecule has 3 atom stereocenters. The van der Waals surface area contributed by atoms with Crippen LogP contribution in [0.4, 0.5) is 0 Å². The number of methoxy groups -OCH3 is 1. The molecular formula is C12H16O3. The van der Waals surface area contributed by atoms with Gasteiger partial charge in [-0.1, -0.05) is 11.6 Å². The summed E-state index contributed by atoms with van der Waals surface area (Å²) in [6, 6.07) is 0. The highest BCUT2D eigenvalue weighted by atomic mass is 16.5. The second-order valence-electron chi connectivity index (χ2n) is 4.22. The van der Waals surface area contributed by atoms with Crippen LogP contribution in [0.2, 0.25) is 0 Å². The van der Waals surface area contributed by atoms with Crippen LogP contribution in [0.5, 0.6) is 0 Å². The van der Waals surface area contributed by atoms with E-state index in [0.29, 0.717) is 11.5 Å². The van der Waals surface area contributed by atoms with Gasteiger partial charge in [0.1, 0.15) is 6.10 Å². The number of fused-ring (bicyclic) bond motifs is 1. The van der Waals surface area contributed by atoms with E-state index in [1.165, 1.54) is 12.7 Å². The molecule has 1 heterocycles. The predicted molar refractivity (Wildman–Crippen MR) is 56.0 cm³/mol. The molecule has 3 nitrogen and oxygen atoms in total. The molecule has 0 radical (unpaired) electrons. The lowest BCUT2D eigenvalue weighted by Crippen LogP contribution is -2.32. The second-order valence-corrected chi connectivity index (χ2v) is 4.22. The van der Waals surface area contributed by atoms with Gasteiger partial charge in [0.15, 0.2) is 0 Å². The van der Waals surface area contributed by atoms with Gasteiger partial charge in [0.05, 0.1) is 18.9 Å². The van der Waals surface area contributed by atoms with Gasteiger partial charge < -0.3 is 9.47 Å². The standard InChI is InChI=1S/C12H16O3/c1-7-4-5-9-10(12(13)14-3)6-15-8(2)11(7)9/h4,6,8-9,11H,5H2,1-3H3. The van der Waals surface area contributed by atoms with Crippen LogP contribution in [0.25, 0.3) is 0 Å². The van der Waals surface area contributed by atoms with E-state index in [0.717, 1.165) is 6.42 Å². The fourth-order valence-corrected chi connectivity index (χ4v) is 2.60. The van der Waals surface area contributed by atoms with Crippen molar-refractivity contribution in [2.45, 2.75) is 26.4 Å². The summed E-state index contributed by atoms with van der Waals surface area (Å²) in [5.41, 5.74) is 2.00. The van der Waals surface area contributed by atoms with E-state index in [4.69, 9.17) is 9.47 Å². The third-order valence-electron chi connectivity index (χ3n) is 3.39. The van der Waals surface area contributed by atoms with Crippen molar-refractivity contribution in [1.29, 1.82) is 0 Å². The number of esters is 1. The summed E-state index contributed by atoms with van der Waals surface area (Å²) in [6.45, 7) is 4.15. The number of hydrogen-bond acceptors (Lipinski definition) is 3. The summed E-state index contributed by atoms with van der Waals surface area (Å²) in [7, 11) is 1.41. The number of rotatable bonds is 1. The summed E-state index contributed by atoms with van der Waals surface area (Å²) in [4.78, 5) is 11.5. The number of carbonyl (C=O) groups excluding carboxylic acids is 1. The molecule has 3 heteroatoms. The van der Waals surface area contributed by atoms with E-state index in [-0.39, 0.29) is 18.0 Å². The first-order valence-electron chi connectivity index (χ1n) is 5.25. The van der Waals surface area contributed by atoms with Gasteiger partial charge in [0.25, 0.3) is 0 Å². The highest BCUT2D eigenvalue weighted by Crippen LogP contribution is 2.42. The first-order chi connectivity index (χ1) is 7.15. The van der Waals surface area contributed by atoms with Crippen molar-refractivity contribution in [2.24, 2.45) is 11.8 Å². The van der Waals surface area contributed by atoms with Crippen LogP contribution in [0, 0.1) is 11.8 Å². The Hall–Kier alpha value is -1.25. The maximum Gasteiger partial charge on any atom is 0.337 e. The molecule has 82 valence electrons. The zero-order valence-electron chi connectivity index (χ0n) is 9.32. The Labute approximate surface area is 89.8 Å². The normalized spacial score (nSPS) is 33.7. The van der Waals surface area contributed by atoms with Crippen LogP contribution in [-0.2, 0) is 14.3 Å². The Bertz CT molecular complexity index is 341. The number of allylic oxidation sites excluding steroid dienone is 1. The molecule has 0 fully saturated rings. The molecule has 1 aliphatic carbocycles. The fraction of sp³-hybridized carbons (Fsp3) is 0.583. The van der Waals surface area contributed by atoms with E-state index >= 15 is 0 Å². The monoisotopic (exact) mass is 208 g/mol. The molecule has 1 aliphatic heterocycles. The van der Waals surface area contributed by atoms with Crippen molar-refractivity contribution in [3.05, 3.63) is 23.5 Å². The molecule has 0 bridgehead atoms. The molecule has 0 saturated carbocycles. The Balaban J connectivity index is 2.27. The Morgan fingerprint density at radius 2 is 2.33 bits per heavy atom. The zero-order chi connectivity index (χ0) is 11.0. The molecule has 0 aromatic rings. The van der Waals surface area contributed by atoms with E-state index in [2.05, 4.69) is 13.0 Å². The van der Waals surface area contributed by atoms with Gasteiger partial charge in [-0.25, -0.2) is 4.79 Å². The van der Waals surface area contributed by atoms with E-state index in [1.54, 1.807) is 6.26 Å². The third-order valence-corrected chi connectivity index (χ3v) is 3.39. The number of ether oxygens (including phenoxy) is 2. The van der Waals surface area contributed by atoms with Crippen molar-refractivity contribution in [3.63, 3.8) is 0 Å². The SMILES string of the molecule is COC(=O)C1=COC(C)C2C(C)=CCC12. The second kappa shape index (κ2) is 3.72. The topological polar surface area (TPSA) is 35.5 Å². The summed E-state index contributed by atoms with van der Waals surface area (Å²) in [5.74, 6) is 0.324. The van der Waals surface area contributed by atoms with Crippen LogP contribution >= 0.6 is 0 Å². The quantitative estimate of drug-likeness (QED) is 0.488. The van der Waals surface area contributed by atoms with E-state index < -0.39 is 0 Å². The molecular weight excluding hydrogens is 192 g/mol. The molecule has 2 rings (SSSR count). The number of hydrogen-bond donors (Lipinski definition) is 0. The molecule has 0 spiro atoms. The fourth-order valence-electron chi connectivity index (χ4n) is 2.60. The number of carbonyl (C=O) groups is 1. The Kier molecular flexibility index (Phi) is 2.55. The van der Waals surface area contributed by atoms with Crippen LogP contribution < -0.4 is 0 Å². The molecule has 0 aromatic heterocycles. The Morgan fingerprint density at radius 3 is 3.00 bits per heavy atom. The molecule has 3 unspecified atom stereocenters. The van der Waals surface area contributed by atoms with Gasteiger partial charge in [-0.15, -0.1) is 0 Å². The van der Waals surface area contributed by atoms with Gasteiger partial charge in [0, 0.05) is 11.8 Å². The van der Waals surface area contributed by atoms with Crippen LogP contribution in [0.1, 0.15) is 20.3 Å². The molecule has 0 amide bonds. The largest absolute Gasteiger partial charge is 0.497 e. The van der Waals surface area contributed by atoms with Gasteiger partial charge in [-0.05, 0) is 20.3 Å². The average Bonchev–Trinajstić information content (AvgIpc) is 2.61. The summed E-state index contributed by atoms with van der Waals surface area (Å²) in [5, 5.41) is 0. The lowest BCUT2D eigenvalue weighted by molar-refractivity contribution is -0.137. The van der Waals surface area contributed by atoms with Crippen LogP contribution in [-0.4, -0.2) is 19.2 Å². The van der Waals surface area contributed by atoms with E-state index in [9.17, 15) is 4.79 Å². The van der Waals surface area contributed by atoms with Crippen molar-refractivity contribution in [2.75, 3.05) is 7.11 Å². The lowest BCUT2D eigenvalue weighted by atomic mass is 9.81. The lowest BCUT2D eigenvalue weighted by Gasteiger charge is -2.32. The molecule has 0 aromatic carbocycles. The smallest absolute Gasteiger partial charge is 0.337 e. The van der Waals surface area contributed by atoms with Gasteiger partial charge in [-0.2, -0.15) is 0 Å². The van der Waals surface area contributed by atoms with Crippen molar-refractivity contribution < 1.29 is 14.3 Å². The van der Waals surface area contributed by atoms with Gasteiger partial charge in [-0.3, -0.25) is 0 Å². The maximum absolute atomic E-state index is 11.5. The third kappa shape index (κ3) is 1.56. The highest BCUT2D eigenvalue weighted by Gasteiger charge is 2.40. The first-order valence-corrected chi connectivity index (χ1v) is 5.25. The Morgan fingerprint density at radius 1 is 1.60 bits per heavy atom. The van der Waals surface area contributed by atoms with Crippen molar-refractivity contribution in [1.82, 2.24) is 0 Å². The summed E-state index contributed by atoms with van der Waals surface area (Å²) < 4.78 is 10.3. The molecule has 15 heavy (non-hydrogen) atoms. The van der Waals surface area contributed by atoms with Crippen molar-refractivity contribution in [3.8, 4) is 0 Å². The first kappa shape index (κ1) is 10.3. The molecule has 0 saturated heterocycles. The van der Waals surface area contributed by atoms with Crippen molar-refractivity contribution >= 4 is 5.97 Å². The van der Waals surface area contributed by atoms with Gasteiger partial charge >= 0.3 is 5.97 Å². The van der Waals surface area contributed by atoms with Crippen LogP contribution in [0.15, 0.2) is 23.5 Å². The minimum Gasteiger partial charge on any atom is -0.497 e. The summed E-state index contributed by atoms with van der Waals surface area (Å²) in [6.07, 6.45) is 4.84. The summed E-state index contributed by atoms with van der Waals surface area (Å²) >= 11 is 0. The highest BCUT2D eigenvalue weighted by molar-refractivity contribution is 5.89. The van der Waals surface area contributed by atoms with Gasteiger partial charge in [0.2, 0.25) is 0 Å². The zero-order valence-corrected chi connectivity index (χ0v) is 9.32. The van der Waals surface area contributed by atoms with Crippen LogP contribution in [0.3, 0.4) is 0 Å². The minimum absolute atomic E-state index is 0.155. The molecule has 0 N–H and O–H groups in total. The minimum atomic E-state index is -0.264. The average molecular weight is 208 g/mol.